The molecule has 1 atom stereocenters. The summed E-state index contributed by atoms with van der Waals surface area (Å²) in [6, 6.07) is 2.61. The maximum absolute atomic E-state index is 13.3. The van der Waals surface area contributed by atoms with Crippen molar-refractivity contribution in [1.82, 2.24) is 33.9 Å². The first kappa shape index (κ1) is 21.1. The summed E-state index contributed by atoms with van der Waals surface area (Å²) < 4.78 is 34.9. The second-order valence-corrected chi connectivity index (χ2v) is 9.27. The zero-order valence-corrected chi connectivity index (χ0v) is 18.3. The van der Waals surface area contributed by atoms with Crippen LogP contribution in [0.5, 0.6) is 0 Å². The van der Waals surface area contributed by atoms with Gasteiger partial charge in [-0.15, -0.1) is 0 Å². The topological polar surface area (TPSA) is 127 Å². The Hall–Kier alpha value is -3.12. The molecule has 11 nitrogen and oxygen atoms in total. The van der Waals surface area contributed by atoms with Gasteiger partial charge in [-0.25, -0.2) is 13.4 Å². The number of carbonyl (C=O) groups is 1. The molecule has 1 aliphatic rings. The number of aromatic nitrogens is 5. The van der Waals surface area contributed by atoms with Gasteiger partial charge in [-0.05, 0) is 32.4 Å². The summed E-state index contributed by atoms with van der Waals surface area (Å²) in [6.07, 6.45) is 5.00. The van der Waals surface area contributed by atoms with Gasteiger partial charge in [0, 0.05) is 45.3 Å². The zero-order chi connectivity index (χ0) is 22.2. The molecule has 1 saturated heterocycles. The van der Waals surface area contributed by atoms with Gasteiger partial charge < -0.3 is 14.0 Å². The van der Waals surface area contributed by atoms with Gasteiger partial charge in [0.2, 0.25) is 0 Å². The van der Waals surface area contributed by atoms with Crippen LogP contribution in [-0.4, -0.2) is 67.8 Å². The Balaban J connectivity index is 1.71. The van der Waals surface area contributed by atoms with Crippen LogP contribution in [-0.2, 0) is 17.1 Å². The fraction of sp³-hybridized carbons (Fsp3) is 0.421. The Morgan fingerprint density at radius 3 is 2.65 bits per heavy atom. The molecule has 31 heavy (non-hydrogen) atoms. The van der Waals surface area contributed by atoms with Gasteiger partial charge in [0.05, 0.1) is 5.56 Å². The number of aryl methyl sites for hydroxylation is 3. The van der Waals surface area contributed by atoms with Crippen molar-refractivity contribution in [2.75, 3.05) is 19.6 Å². The summed E-state index contributed by atoms with van der Waals surface area (Å²) in [6.45, 7) is 3.94. The highest BCUT2D eigenvalue weighted by Crippen LogP contribution is 2.29. The van der Waals surface area contributed by atoms with Crippen LogP contribution in [0.3, 0.4) is 0 Å². The van der Waals surface area contributed by atoms with E-state index in [-0.39, 0.29) is 29.9 Å². The van der Waals surface area contributed by atoms with Gasteiger partial charge in [0.25, 0.3) is 21.8 Å². The van der Waals surface area contributed by atoms with Crippen LogP contribution in [0, 0.1) is 13.8 Å². The number of hydrogen-bond donors (Lipinski definition) is 0. The van der Waals surface area contributed by atoms with Crippen molar-refractivity contribution < 1.29 is 17.7 Å². The number of imidazole rings is 1. The minimum atomic E-state index is -3.87. The monoisotopic (exact) mass is 445 g/mol. The molecule has 3 aromatic heterocycles. The van der Waals surface area contributed by atoms with Crippen LogP contribution < -0.4 is 0 Å². The van der Waals surface area contributed by atoms with Gasteiger partial charge in [0.1, 0.15) is 11.9 Å². The average Bonchev–Trinajstić information content (AvgIpc) is 3.25. The van der Waals surface area contributed by atoms with Crippen molar-refractivity contribution in [2.24, 2.45) is 7.05 Å². The number of hydrogen-bond acceptors (Lipinski definition) is 8. The van der Waals surface area contributed by atoms with Crippen molar-refractivity contribution >= 4 is 15.9 Å². The number of amides is 1. The smallest absolute Gasteiger partial charge is 0.262 e. The van der Waals surface area contributed by atoms with Crippen LogP contribution >= 0.6 is 0 Å². The molecule has 0 radical (unpaired) electrons. The standard InChI is InChI=1S/C19H23N7O4S/c1-13-21-18(30-23-13)16-11-25(31(28,29)17-12-24(3)14(2)22-17)8-5-9-26(16)19(27)15-6-4-7-20-10-15/h4,6-7,10,12,16H,5,8-9,11H2,1-3H3. The third kappa shape index (κ3) is 4.08. The van der Waals surface area contributed by atoms with Gasteiger partial charge in [-0.1, -0.05) is 5.16 Å². The lowest BCUT2D eigenvalue weighted by Gasteiger charge is -2.28. The first-order chi connectivity index (χ1) is 14.8. The third-order valence-corrected chi connectivity index (χ3v) is 6.98. The molecule has 1 unspecified atom stereocenters. The maximum atomic E-state index is 13.3. The minimum absolute atomic E-state index is 0.0222. The lowest BCUT2D eigenvalue weighted by Crippen LogP contribution is -2.40. The summed E-state index contributed by atoms with van der Waals surface area (Å²) >= 11 is 0. The van der Waals surface area contributed by atoms with E-state index in [1.165, 1.54) is 16.7 Å². The Labute approximate surface area is 179 Å². The van der Waals surface area contributed by atoms with E-state index in [4.69, 9.17) is 4.52 Å². The Bertz CT molecular complexity index is 1170. The molecule has 1 fully saturated rings. The van der Waals surface area contributed by atoms with E-state index in [0.717, 1.165) is 0 Å². The highest BCUT2D eigenvalue weighted by atomic mass is 32.2. The second-order valence-electron chi connectivity index (χ2n) is 7.39. The second kappa shape index (κ2) is 8.19. The van der Waals surface area contributed by atoms with E-state index in [2.05, 4.69) is 20.1 Å². The van der Waals surface area contributed by atoms with Gasteiger partial charge in [0.15, 0.2) is 10.9 Å². The maximum Gasteiger partial charge on any atom is 0.262 e. The molecule has 12 heteroatoms. The molecule has 0 saturated carbocycles. The number of carbonyl (C=O) groups excluding carboxylic acids is 1. The molecular weight excluding hydrogens is 422 g/mol. The highest BCUT2D eigenvalue weighted by Gasteiger charge is 2.39. The van der Waals surface area contributed by atoms with Crippen LogP contribution in [0.2, 0.25) is 0 Å². The van der Waals surface area contributed by atoms with Crippen LogP contribution in [0.25, 0.3) is 0 Å². The van der Waals surface area contributed by atoms with Crippen LogP contribution in [0.15, 0.2) is 40.3 Å². The molecular formula is C19H23N7O4S. The summed E-state index contributed by atoms with van der Waals surface area (Å²) in [5, 5.41) is 3.80. The predicted molar refractivity (Wildman–Crippen MR) is 108 cm³/mol. The Morgan fingerprint density at radius 1 is 1.23 bits per heavy atom. The SMILES string of the molecule is Cc1noc(C2CN(S(=O)(=O)c3cn(C)c(C)n3)CCCN2C(=O)c2cccnc2)n1. The number of sulfonamides is 1. The van der Waals surface area contributed by atoms with Crippen molar-refractivity contribution in [3.8, 4) is 0 Å². The summed E-state index contributed by atoms with van der Waals surface area (Å²) in [5.41, 5.74) is 0.403. The lowest BCUT2D eigenvalue weighted by molar-refractivity contribution is 0.0647. The first-order valence-electron chi connectivity index (χ1n) is 9.78. The highest BCUT2D eigenvalue weighted by molar-refractivity contribution is 7.89. The summed E-state index contributed by atoms with van der Waals surface area (Å²) in [7, 11) is -2.14. The van der Waals surface area contributed by atoms with E-state index in [1.807, 2.05) is 0 Å². The Kier molecular flexibility index (Phi) is 5.58. The minimum Gasteiger partial charge on any atom is -0.337 e. The van der Waals surface area contributed by atoms with Gasteiger partial charge >= 0.3 is 0 Å². The fourth-order valence-electron chi connectivity index (χ4n) is 3.52. The number of rotatable bonds is 4. The zero-order valence-electron chi connectivity index (χ0n) is 17.5. The summed E-state index contributed by atoms with van der Waals surface area (Å²) in [4.78, 5) is 27.3. The average molecular weight is 446 g/mol. The van der Waals surface area contributed by atoms with Crippen LogP contribution in [0.1, 0.15) is 40.4 Å². The molecule has 1 amide bonds. The van der Waals surface area contributed by atoms with E-state index in [9.17, 15) is 13.2 Å². The third-order valence-electron chi connectivity index (χ3n) is 5.25. The van der Waals surface area contributed by atoms with E-state index < -0.39 is 16.1 Å². The van der Waals surface area contributed by atoms with Crippen molar-refractivity contribution in [1.29, 1.82) is 0 Å². The molecule has 0 aliphatic carbocycles. The molecule has 164 valence electrons. The Morgan fingerprint density at radius 2 is 2.03 bits per heavy atom. The molecule has 0 spiro atoms. The predicted octanol–water partition coefficient (Wildman–Crippen LogP) is 1.09. The number of nitrogens with zero attached hydrogens (tertiary/aromatic N) is 7. The number of pyridine rings is 1. The molecule has 0 aromatic carbocycles. The molecule has 3 aromatic rings. The largest absolute Gasteiger partial charge is 0.337 e. The van der Waals surface area contributed by atoms with E-state index in [1.54, 1.807) is 48.7 Å². The first-order valence-corrected chi connectivity index (χ1v) is 11.2. The van der Waals surface area contributed by atoms with E-state index in [0.29, 0.717) is 30.2 Å². The van der Waals surface area contributed by atoms with Gasteiger partial charge in [-0.2, -0.15) is 9.29 Å². The van der Waals surface area contributed by atoms with Crippen molar-refractivity contribution in [3.05, 3.63) is 53.8 Å². The molecule has 0 bridgehead atoms. The van der Waals surface area contributed by atoms with Crippen molar-refractivity contribution in [3.63, 3.8) is 0 Å². The normalized spacial score (nSPS) is 18.2. The quantitative estimate of drug-likeness (QED) is 0.584. The molecule has 4 rings (SSSR count). The van der Waals surface area contributed by atoms with E-state index >= 15 is 0 Å². The summed E-state index contributed by atoms with van der Waals surface area (Å²) in [5.74, 6) is 0.907. The molecule has 1 aliphatic heterocycles. The van der Waals surface area contributed by atoms with Crippen molar-refractivity contribution in [2.45, 2.75) is 31.3 Å². The van der Waals surface area contributed by atoms with Crippen LogP contribution in [0.4, 0.5) is 0 Å². The fourth-order valence-corrected chi connectivity index (χ4v) is 5.03. The molecule has 0 N–H and O–H groups in total. The van der Waals surface area contributed by atoms with Gasteiger partial charge in [-0.3, -0.25) is 9.78 Å². The lowest BCUT2D eigenvalue weighted by atomic mass is 10.2. The molecule has 4 heterocycles.